The number of halogens is 1. The summed E-state index contributed by atoms with van der Waals surface area (Å²) in [5, 5.41) is 7.48. The summed E-state index contributed by atoms with van der Waals surface area (Å²) in [7, 11) is 8.58. The second kappa shape index (κ2) is 9.15. The van der Waals surface area contributed by atoms with Gasteiger partial charge in [0.1, 0.15) is 0 Å². The lowest BCUT2D eigenvalue weighted by Gasteiger charge is -2.18. The second-order valence-electron chi connectivity index (χ2n) is 6.04. The molecule has 0 aliphatic carbocycles. The molecule has 27 heavy (non-hydrogen) atoms. The first-order valence-electron chi connectivity index (χ1n) is 8.55. The molecule has 0 spiro atoms. The van der Waals surface area contributed by atoms with Crippen LogP contribution in [0.2, 0.25) is 0 Å². The highest BCUT2D eigenvalue weighted by Crippen LogP contribution is 2.44. The van der Waals surface area contributed by atoms with Gasteiger partial charge in [-0.25, -0.2) is 0 Å². The van der Waals surface area contributed by atoms with Crippen molar-refractivity contribution in [2.24, 2.45) is 0 Å². The van der Waals surface area contributed by atoms with Crippen LogP contribution in [0.3, 0.4) is 0 Å². The molecule has 0 saturated carbocycles. The molecule has 0 atom stereocenters. The fourth-order valence-corrected chi connectivity index (χ4v) is 3.41. The maximum Gasteiger partial charge on any atom is 0.169 e. The lowest BCUT2D eigenvalue weighted by molar-refractivity contribution is 0.355. The van der Waals surface area contributed by atoms with Crippen molar-refractivity contribution in [3.63, 3.8) is 0 Å². The first-order valence-corrected chi connectivity index (χ1v) is 8.55. The Kier molecular flexibility index (Phi) is 7.16. The molecule has 3 aromatic carbocycles. The number of hydrogen-bond acceptors (Lipinski definition) is 5. The fourth-order valence-electron chi connectivity index (χ4n) is 3.41. The Labute approximate surface area is 170 Å². The molecule has 1 N–H and O–H groups in total. The van der Waals surface area contributed by atoms with Gasteiger partial charge in [0.2, 0.25) is 0 Å². The largest absolute Gasteiger partial charge is 0.493 e. The number of likely N-dealkylation sites (N-methyl/N-ethyl adjacent to an activating group) is 1. The smallest absolute Gasteiger partial charge is 0.169 e. The highest BCUT2D eigenvalue weighted by molar-refractivity contribution is 8.93. The van der Waals surface area contributed by atoms with Gasteiger partial charge in [0.15, 0.2) is 23.0 Å². The number of nitrogens with one attached hydrogen (secondary N) is 1. The van der Waals surface area contributed by atoms with E-state index in [2.05, 4.69) is 23.5 Å². The van der Waals surface area contributed by atoms with E-state index in [0.29, 0.717) is 11.5 Å². The Morgan fingerprint density at radius 2 is 1.44 bits per heavy atom. The maximum absolute atomic E-state index is 5.73. The van der Waals surface area contributed by atoms with Crippen molar-refractivity contribution < 1.29 is 18.9 Å². The van der Waals surface area contributed by atoms with Crippen molar-refractivity contribution in [1.29, 1.82) is 0 Å². The van der Waals surface area contributed by atoms with Crippen molar-refractivity contribution >= 4 is 38.5 Å². The predicted octanol–water partition coefficient (Wildman–Crippen LogP) is 4.37. The van der Waals surface area contributed by atoms with Crippen LogP contribution in [0.5, 0.6) is 23.0 Å². The molecule has 0 amide bonds. The molecule has 3 aromatic rings. The van der Waals surface area contributed by atoms with Crippen LogP contribution in [0.4, 0.5) is 0 Å². The Morgan fingerprint density at radius 3 is 2.04 bits per heavy atom. The van der Waals surface area contributed by atoms with Gasteiger partial charge in [-0.15, -0.1) is 17.0 Å². The molecule has 6 heteroatoms. The number of fused-ring (bicyclic) bond motifs is 3. The summed E-state index contributed by atoms with van der Waals surface area (Å²) in [5.41, 5.74) is 1.21. The number of benzene rings is 3. The molecule has 0 aliphatic rings. The third-order valence-electron chi connectivity index (χ3n) is 4.69. The molecule has 0 radical (unpaired) electrons. The Balaban J connectivity index is 0.00000261. The zero-order valence-corrected chi connectivity index (χ0v) is 18.1. The topological polar surface area (TPSA) is 49.0 Å². The summed E-state index contributed by atoms with van der Waals surface area (Å²) in [4.78, 5) is 0. The van der Waals surface area contributed by atoms with Gasteiger partial charge in [-0.2, -0.15) is 0 Å². The van der Waals surface area contributed by atoms with Crippen LogP contribution in [0.25, 0.3) is 21.5 Å². The van der Waals surface area contributed by atoms with Crippen molar-refractivity contribution in [1.82, 2.24) is 5.32 Å². The van der Waals surface area contributed by atoms with Crippen molar-refractivity contribution in [2.45, 2.75) is 6.42 Å². The highest BCUT2D eigenvalue weighted by Gasteiger charge is 2.17. The van der Waals surface area contributed by atoms with Gasteiger partial charge in [0.05, 0.1) is 28.4 Å². The molecule has 0 heterocycles. The zero-order valence-electron chi connectivity index (χ0n) is 16.3. The van der Waals surface area contributed by atoms with E-state index in [0.717, 1.165) is 46.0 Å². The molecular formula is C21H26BrNO4. The first-order chi connectivity index (χ1) is 12.7. The van der Waals surface area contributed by atoms with Crippen LogP contribution < -0.4 is 24.3 Å². The molecule has 3 rings (SSSR count). The van der Waals surface area contributed by atoms with Gasteiger partial charge in [-0.05, 0) is 59.9 Å². The highest BCUT2D eigenvalue weighted by atomic mass is 79.9. The molecular weight excluding hydrogens is 410 g/mol. The van der Waals surface area contributed by atoms with E-state index in [-0.39, 0.29) is 17.0 Å². The molecule has 0 aromatic heterocycles. The van der Waals surface area contributed by atoms with E-state index in [1.165, 1.54) is 5.56 Å². The van der Waals surface area contributed by atoms with E-state index in [4.69, 9.17) is 18.9 Å². The Morgan fingerprint density at radius 1 is 0.778 bits per heavy atom. The lowest BCUT2D eigenvalue weighted by Crippen LogP contribution is -2.10. The third-order valence-corrected chi connectivity index (χ3v) is 4.69. The van der Waals surface area contributed by atoms with Gasteiger partial charge in [-0.1, -0.05) is 12.1 Å². The standard InChI is InChI=1S/C21H25NO4.BrH/c1-22-9-8-14-11-19(25-4)21(26-5)20-15(14)7-6-13-10-17(23-2)18(24-3)12-16(13)20;/h6-7,10-12,22H,8-9H2,1-5H3;1H. The minimum atomic E-state index is 0. The summed E-state index contributed by atoms with van der Waals surface area (Å²) in [6.07, 6.45) is 0.895. The molecule has 0 bridgehead atoms. The number of methoxy groups -OCH3 is 4. The quantitative estimate of drug-likeness (QED) is 0.558. The van der Waals surface area contributed by atoms with Crippen molar-refractivity contribution in [3.05, 3.63) is 35.9 Å². The van der Waals surface area contributed by atoms with Crippen LogP contribution in [0.1, 0.15) is 5.56 Å². The predicted molar refractivity (Wildman–Crippen MR) is 116 cm³/mol. The minimum Gasteiger partial charge on any atom is -0.493 e. The van der Waals surface area contributed by atoms with Gasteiger partial charge >= 0.3 is 0 Å². The molecule has 0 fully saturated rings. The van der Waals surface area contributed by atoms with Crippen LogP contribution in [0.15, 0.2) is 30.3 Å². The van der Waals surface area contributed by atoms with Gasteiger partial charge in [0.25, 0.3) is 0 Å². The normalized spacial score (nSPS) is 10.6. The summed E-state index contributed by atoms with van der Waals surface area (Å²) in [6.45, 7) is 0.883. The molecule has 146 valence electrons. The van der Waals surface area contributed by atoms with E-state index in [9.17, 15) is 0 Å². The van der Waals surface area contributed by atoms with Gasteiger partial charge in [0, 0.05) is 5.39 Å². The number of ether oxygens (including phenoxy) is 4. The SMILES string of the molecule is Br.CNCCc1cc(OC)c(OC)c2c1ccc1cc(OC)c(OC)cc12. The van der Waals surface area contributed by atoms with E-state index >= 15 is 0 Å². The first kappa shape index (κ1) is 21.1. The van der Waals surface area contributed by atoms with Crippen LogP contribution in [0, 0.1) is 0 Å². The minimum absolute atomic E-state index is 0. The third kappa shape index (κ3) is 3.77. The van der Waals surface area contributed by atoms with Crippen LogP contribution >= 0.6 is 17.0 Å². The van der Waals surface area contributed by atoms with E-state index < -0.39 is 0 Å². The summed E-state index contributed by atoms with van der Waals surface area (Å²) in [5.74, 6) is 2.85. The van der Waals surface area contributed by atoms with E-state index in [1.807, 2.05) is 19.2 Å². The lowest BCUT2D eigenvalue weighted by atomic mass is 9.95. The molecule has 5 nitrogen and oxygen atoms in total. The Hall–Kier alpha value is -2.18. The Bertz CT molecular complexity index is 943. The molecule has 0 unspecified atom stereocenters. The second-order valence-corrected chi connectivity index (χ2v) is 6.04. The van der Waals surface area contributed by atoms with Crippen LogP contribution in [-0.2, 0) is 6.42 Å². The monoisotopic (exact) mass is 435 g/mol. The van der Waals surface area contributed by atoms with Gasteiger partial charge < -0.3 is 24.3 Å². The zero-order chi connectivity index (χ0) is 18.7. The average Bonchev–Trinajstić information content (AvgIpc) is 2.69. The van der Waals surface area contributed by atoms with Crippen LogP contribution in [-0.4, -0.2) is 42.0 Å². The fraction of sp³-hybridized carbons (Fsp3) is 0.333. The maximum atomic E-state index is 5.73. The van der Waals surface area contributed by atoms with E-state index in [1.54, 1.807) is 28.4 Å². The molecule has 0 saturated heterocycles. The number of rotatable bonds is 7. The summed E-state index contributed by atoms with van der Waals surface area (Å²) < 4.78 is 22.3. The van der Waals surface area contributed by atoms with Crippen molar-refractivity contribution in [3.8, 4) is 23.0 Å². The summed E-state index contributed by atoms with van der Waals surface area (Å²) >= 11 is 0. The van der Waals surface area contributed by atoms with Gasteiger partial charge in [-0.3, -0.25) is 0 Å². The average molecular weight is 436 g/mol. The summed E-state index contributed by atoms with van der Waals surface area (Å²) in [6, 6.07) is 10.3. The molecule has 0 aliphatic heterocycles. The van der Waals surface area contributed by atoms with Crippen molar-refractivity contribution in [2.75, 3.05) is 42.0 Å². The number of hydrogen-bond donors (Lipinski definition) is 1.